The largest absolute Gasteiger partial charge is 0.426 e. The van der Waals surface area contributed by atoms with Crippen LogP contribution < -0.4 is 0 Å². The molecule has 1 unspecified atom stereocenters. The fourth-order valence-electron chi connectivity index (χ4n) is 0.955. The van der Waals surface area contributed by atoms with Crippen molar-refractivity contribution < 1.29 is 23.5 Å². The Balaban J connectivity index is 2.65. The van der Waals surface area contributed by atoms with Crippen LogP contribution in [0.1, 0.15) is 12.8 Å². The summed E-state index contributed by atoms with van der Waals surface area (Å²) in [5, 5.41) is 0. The molecule has 0 aromatic heterocycles. The topological polar surface area (TPSA) is 63.7 Å². The molecule has 5 nitrogen and oxygen atoms in total. The van der Waals surface area contributed by atoms with Crippen LogP contribution in [0.15, 0.2) is 0 Å². The summed E-state index contributed by atoms with van der Waals surface area (Å²) in [6.45, 7) is 0. The zero-order valence-electron chi connectivity index (χ0n) is 7.03. The van der Waals surface area contributed by atoms with Crippen LogP contribution in [-0.2, 0) is 14.3 Å². The van der Waals surface area contributed by atoms with Crippen LogP contribution in [-0.4, -0.2) is 29.2 Å². The number of hydrogen-bond donors (Lipinski definition) is 0. The minimum Gasteiger partial charge on any atom is -0.402 e. The van der Waals surface area contributed by atoms with Crippen molar-refractivity contribution in [2.45, 2.75) is 19.2 Å². The summed E-state index contributed by atoms with van der Waals surface area (Å²) in [6.07, 6.45) is 0.856. The molecule has 0 bridgehead atoms. The van der Waals surface area contributed by atoms with Crippen molar-refractivity contribution in [3.63, 3.8) is 0 Å². The molecule has 1 heterocycles. The van der Waals surface area contributed by atoms with Gasteiger partial charge in [-0.2, -0.15) is 9.29 Å². The monoisotopic (exact) mass is 199 g/mol. The number of amides is 3. The molecule has 6 heteroatoms. The zero-order chi connectivity index (χ0) is 10.7. The van der Waals surface area contributed by atoms with Gasteiger partial charge in [0, 0.05) is 12.8 Å². The molecule has 0 saturated carbocycles. The first-order valence-corrected chi connectivity index (χ1v) is 3.73. The Hall–Kier alpha value is -1.90. The summed E-state index contributed by atoms with van der Waals surface area (Å²) in [4.78, 5) is 33.1. The number of hydrogen-bond acceptors (Lipinski definition) is 4. The Labute approximate surface area is 78.8 Å². The Bertz CT molecular complexity index is 317. The van der Waals surface area contributed by atoms with Gasteiger partial charge in [-0.15, -0.1) is 6.42 Å². The summed E-state index contributed by atoms with van der Waals surface area (Å²) < 4.78 is 16.3. The number of rotatable bonds is 1. The minimum absolute atomic E-state index is 0.0685. The van der Waals surface area contributed by atoms with Crippen LogP contribution in [0.25, 0.3) is 0 Å². The van der Waals surface area contributed by atoms with E-state index in [1.165, 1.54) is 5.92 Å². The zero-order valence-corrected chi connectivity index (χ0v) is 7.03. The van der Waals surface area contributed by atoms with Gasteiger partial charge in [-0.1, -0.05) is 0 Å². The summed E-state index contributed by atoms with van der Waals surface area (Å²) in [6, 6.07) is 0. The predicted molar refractivity (Wildman–Crippen MR) is 41.3 cm³/mol. The van der Waals surface area contributed by atoms with Gasteiger partial charge in [0.05, 0.1) is 0 Å². The predicted octanol–water partition coefficient (Wildman–Crippen LogP) is 0.201. The normalized spacial score (nSPS) is 17.9. The average Bonchev–Trinajstić information content (AvgIpc) is 2.46. The molecule has 0 radical (unpaired) electrons. The van der Waals surface area contributed by atoms with E-state index in [1.54, 1.807) is 0 Å². The van der Waals surface area contributed by atoms with Gasteiger partial charge in [-0.25, -0.2) is 4.79 Å². The highest BCUT2D eigenvalue weighted by molar-refractivity contribution is 6.13. The van der Waals surface area contributed by atoms with Gasteiger partial charge in [0.1, 0.15) is 0 Å². The lowest BCUT2D eigenvalue weighted by Gasteiger charge is -2.11. The Morgan fingerprint density at radius 2 is 2.00 bits per heavy atom. The molecule has 14 heavy (non-hydrogen) atoms. The van der Waals surface area contributed by atoms with Gasteiger partial charge in [0.2, 0.25) is 11.8 Å². The van der Waals surface area contributed by atoms with Crippen LogP contribution >= 0.6 is 0 Å². The first-order valence-electron chi connectivity index (χ1n) is 3.73. The van der Waals surface area contributed by atoms with Gasteiger partial charge in [-0.05, 0) is 5.92 Å². The number of imide groups is 3. The number of halogens is 1. The lowest BCUT2D eigenvalue weighted by Crippen LogP contribution is -2.37. The summed E-state index contributed by atoms with van der Waals surface area (Å²) >= 11 is 0. The second-order valence-electron chi connectivity index (χ2n) is 2.49. The van der Waals surface area contributed by atoms with Gasteiger partial charge >= 0.3 is 12.5 Å². The molecular formula is C8H6FNO4. The second-order valence-corrected chi connectivity index (χ2v) is 2.49. The first-order chi connectivity index (χ1) is 6.56. The number of nitrogens with zero attached hydrogens (tertiary/aromatic N) is 1. The number of ether oxygens (including phenoxy) is 1. The van der Waals surface area contributed by atoms with E-state index < -0.39 is 24.3 Å². The van der Waals surface area contributed by atoms with E-state index in [9.17, 15) is 18.8 Å². The van der Waals surface area contributed by atoms with E-state index in [1.807, 2.05) is 0 Å². The molecule has 3 amide bonds. The number of carbonyl (C=O) groups is 3. The molecule has 0 spiro atoms. The molecule has 1 aliphatic heterocycles. The van der Waals surface area contributed by atoms with Crippen molar-refractivity contribution in [1.82, 2.24) is 4.90 Å². The van der Waals surface area contributed by atoms with Crippen molar-refractivity contribution in [2.24, 2.45) is 0 Å². The van der Waals surface area contributed by atoms with E-state index in [0.717, 1.165) is 0 Å². The number of terminal acetylenes is 1. The molecule has 1 rings (SSSR count). The van der Waals surface area contributed by atoms with Gasteiger partial charge < -0.3 is 4.74 Å². The van der Waals surface area contributed by atoms with E-state index in [2.05, 4.69) is 11.2 Å². The van der Waals surface area contributed by atoms with E-state index >= 15 is 0 Å². The second kappa shape index (κ2) is 3.87. The molecule has 0 aliphatic carbocycles. The van der Waals surface area contributed by atoms with Gasteiger partial charge in [-0.3, -0.25) is 9.59 Å². The lowest BCUT2D eigenvalue weighted by atomic mass is 10.4. The SMILES string of the molecule is C#CC(F)OC(=O)N1C(=O)CCC1=O. The molecule has 0 aromatic carbocycles. The third-order valence-electron chi connectivity index (χ3n) is 1.57. The minimum atomic E-state index is -2.25. The molecule has 74 valence electrons. The summed E-state index contributed by atoms with van der Waals surface area (Å²) in [5.74, 6) is 0.0811. The Kier molecular flexibility index (Phi) is 2.82. The molecule has 1 saturated heterocycles. The molecule has 1 atom stereocenters. The maximum absolute atomic E-state index is 12.4. The number of alkyl halides is 1. The highest BCUT2D eigenvalue weighted by Crippen LogP contribution is 2.13. The standard InChI is InChI=1S/C8H6FNO4/c1-2-5(9)14-8(13)10-6(11)3-4-7(10)12/h1,5H,3-4H2. The van der Waals surface area contributed by atoms with Crippen LogP contribution in [0.4, 0.5) is 9.18 Å². The smallest absolute Gasteiger partial charge is 0.402 e. The number of carbonyl (C=O) groups excluding carboxylic acids is 3. The van der Waals surface area contributed by atoms with Crippen LogP contribution in [0.5, 0.6) is 0 Å². The third kappa shape index (κ3) is 1.88. The molecular weight excluding hydrogens is 193 g/mol. The highest BCUT2D eigenvalue weighted by atomic mass is 19.1. The van der Waals surface area contributed by atoms with Crippen molar-refractivity contribution in [3.8, 4) is 12.3 Å². The Morgan fingerprint density at radius 1 is 1.50 bits per heavy atom. The van der Waals surface area contributed by atoms with Crippen molar-refractivity contribution in [1.29, 1.82) is 0 Å². The van der Waals surface area contributed by atoms with Gasteiger partial charge in [0.15, 0.2) is 0 Å². The molecule has 1 aliphatic rings. The van der Waals surface area contributed by atoms with E-state index in [4.69, 9.17) is 0 Å². The summed E-state index contributed by atoms with van der Waals surface area (Å²) in [7, 11) is 0. The number of likely N-dealkylation sites (tertiary alicyclic amines) is 1. The first kappa shape index (κ1) is 10.2. The fourth-order valence-corrected chi connectivity index (χ4v) is 0.955. The molecule has 1 fully saturated rings. The average molecular weight is 199 g/mol. The highest BCUT2D eigenvalue weighted by Gasteiger charge is 2.36. The maximum Gasteiger partial charge on any atom is 0.426 e. The van der Waals surface area contributed by atoms with E-state index in [0.29, 0.717) is 0 Å². The third-order valence-corrected chi connectivity index (χ3v) is 1.57. The lowest BCUT2D eigenvalue weighted by molar-refractivity contribution is -0.136. The Morgan fingerprint density at radius 3 is 2.43 bits per heavy atom. The van der Waals surface area contributed by atoms with Crippen molar-refractivity contribution in [2.75, 3.05) is 0 Å². The van der Waals surface area contributed by atoms with E-state index in [-0.39, 0.29) is 17.7 Å². The van der Waals surface area contributed by atoms with Crippen molar-refractivity contribution in [3.05, 3.63) is 0 Å². The maximum atomic E-state index is 12.4. The van der Waals surface area contributed by atoms with Crippen LogP contribution in [0.2, 0.25) is 0 Å². The molecule has 0 aromatic rings. The molecule has 0 N–H and O–H groups in total. The van der Waals surface area contributed by atoms with Crippen molar-refractivity contribution >= 4 is 17.9 Å². The van der Waals surface area contributed by atoms with Crippen LogP contribution in [0.3, 0.4) is 0 Å². The summed E-state index contributed by atoms with van der Waals surface area (Å²) in [5.41, 5.74) is 0. The fraction of sp³-hybridized carbons (Fsp3) is 0.375. The quantitative estimate of drug-likeness (QED) is 0.447. The van der Waals surface area contributed by atoms with Gasteiger partial charge in [0.25, 0.3) is 0 Å². The van der Waals surface area contributed by atoms with Crippen LogP contribution in [0, 0.1) is 12.3 Å².